The number of nitrogens with one attached hydrogen (secondary N) is 1. The maximum Gasteiger partial charge on any atom is 0.195 e. The van der Waals surface area contributed by atoms with Crippen molar-refractivity contribution in [1.29, 1.82) is 0 Å². The lowest BCUT2D eigenvalue weighted by Crippen LogP contribution is -2.25. The third kappa shape index (κ3) is 3.14. The second-order valence-corrected chi connectivity index (χ2v) is 4.78. The fraction of sp³-hybridized carbons (Fsp3) is 0.800. The first-order valence-electron chi connectivity index (χ1n) is 5.21. The Morgan fingerprint density at radius 1 is 1.47 bits per heavy atom. The first kappa shape index (κ1) is 12.4. The summed E-state index contributed by atoms with van der Waals surface area (Å²) < 4.78 is 8.03. The Bertz CT molecular complexity index is 361. The molecule has 0 amide bonds. The molecule has 0 saturated heterocycles. The number of hydrogen-bond donors (Lipinski definition) is 1. The zero-order valence-corrected chi connectivity index (χ0v) is 10.6. The van der Waals surface area contributed by atoms with E-state index >= 15 is 0 Å². The molecule has 15 heavy (non-hydrogen) atoms. The van der Waals surface area contributed by atoms with Gasteiger partial charge in [0.05, 0.1) is 6.61 Å². The van der Waals surface area contributed by atoms with E-state index in [-0.39, 0.29) is 5.54 Å². The number of aromatic nitrogens is 3. The van der Waals surface area contributed by atoms with E-state index in [0.717, 1.165) is 18.9 Å². The van der Waals surface area contributed by atoms with Gasteiger partial charge in [-0.3, -0.25) is 9.67 Å². The number of nitrogens with zero attached hydrogens (tertiary/aromatic N) is 2. The van der Waals surface area contributed by atoms with E-state index in [2.05, 4.69) is 31.0 Å². The molecular weight excluding hydrogens is 210 g/mol. The highest BCUT2D eigenvalue weighted by atomic mass is 32.1. The molecular formula is C10H19N3OS. The fourth-order valence-electron chi connectivity index (χ4n) is 1.50. The maximum absolute atomic E-state index is 5.31. The third-order valence-corrected chi connectivity index (χ3v) is 2.36. The van der Waals surface area contributed by atoms with E-state index in [9.17, 15) is 0 Å². The molecule has 0 aliphatic rings. The van der Waals surface area contributed by atoms with E-state index in [0.29, 0.717) is 11.4 Å². The minimum atomic E-state index is -0.0361. The molecule has 0 saturated carbocycles. The van der Waals surface area contributed by atoms with Crippen LogP contribution >= 0.6 is 12.2 Å². The molecule has 0 radical (unpaired) electrons. The SMILES string of the molecule is CCOCCc1n[nH]c(=S)n1C(C)(C)C. The molecule has 0 bridgehead atoms. The van der Waals surface area contributed by atoms with Crippen LogP contribution in [0.25, 0.3) is 0 Å². The van der Waals surface area contributed by atoms with Gasteiger partial charge >= 0.3 is 0 Å². The summed E-state index contributed by atoms with van der Waals surface area (Å²) in [4.78, 5) is 0. The largest absolute Gasteiger partial charge is 0.381 e. The number of ether oxygens (including phenoxy) is 1. The van der Waals surface area contributed by atoms with Gasteiger partial charge in [-0.05, 0) is 39.9 Å². The van der Waals surface area contributed by atoms with Crippen LogP contribution in [-0.4, -0.2) is 28.0 Å². The van der Waals surface area contributed by atoms with Crippen LogP contribution in [0, 0.1) is 4.77 Å². The topological polar surface area (TPSA) is 42.8 Å². The normalized spacial score (nSPS) is 12.0. The van der Waals surface area contributed by atoms with Gasteiger partial charge in [-0.1, -0.05) is 0 Å². The van der Waals surface area contributed by atoms with Crippen molar-refractivity contribution in [1.82, 2.24) is 14.8 Å². The first-order chi connectivity index (χ1) is 6.96. The molecule has 1 heterocycles. The third-order valence-electron chi connectivity index (χ3n) is 2.09. The van der Waals surface area contributed by atoms with Crippen molar-refractivity contribution in [2.24, 2.45) is 0 Å². The predicted molar refractivity (Wildman–Crippen MR) is 62.6 cm³/mol. The average molecular weight is 229 g/mol. The second kappa shape index (κ2) is 4.90. The van der Waals surface area contributed by atoms with Crippen molar-refractivity contribution in [2.75, 3.05) is 13.2 Å². The summed E-state index contributed by atoms with van der Waals surface area (Å²) >= 11 is 5.20. The van der Waals surface area contributed by atoms with Crippen LogP contribution in [0.1, 0.15) is 33.5 Å². The first-order valence-corrected chi connectivity index (χ1v) is 5.62. The Hall–Kier alpha value is -0.680. The van der Waals surface area contributed by atoms with Gasteiger partial charge in [-0.25, -0.2) is 0 Å². The molecule has 5 heteroatoms. The summed E-state index contributed by atoms with van der Waals surface area (Å²) in [5.74, 6) is 0.959. The number of H-pyrrole nitrogens is 1. The summed E-state index contributed by atoms with van der Waals surface area (Å²) in [6.45, 7) is 9.75. The fourth-order valence-corrected chi connectivity index (χ4v) is 1.92. The van der Waals surface area contributed by atoms with Crippen molar-refractivity contribution in [3.05, 3.63) is 10.6 Å². The molecule has 1 aromatic heterocycles. The van der Waals surface area contributed by atoms with Gasteiger partial charge < -0.3 is 4.74 Å². The second-order valence-electron chi connectivity index (χ2n) is 4.40. The van der Waals surface area contributed by atoms with Crippen molar-refractivity contribution in [3.8, 4) is 0 Å². The van der Waals surface area contributed by atoms with Gasteiger partial charge in [0.15, 0.2) is 4.77 Å². The highest BCUT2D eigenvalue weighted by Crippen LogP contribution is 2.16. The smallest absolute Gasteiger partial charge is 0.195 e. The summed E-state index contributed by atoms with van der Waals surface area (Å²) in [6, 6.07) is 0. The molecule has 1 N–H and O–H groups in total. The van der Waals surface area contributed by atoms with Crippen LogP contribution in [0.4, 0.5) is 0 Å². The summed E-state index contributed by atoms with van der Waals surface area (Å²) in [7, 11) is 0. The van der Waals surface area contributed by atoms with Crippen LogP contribution in [0.2, 0.25) is 0 Å². The highest BCUT2D eigenvalue weighted by Gasteiger charge is 2.18. The van der Waals surface area contributed by atoms with Gasteiger partial charge in [0.25, 0.3) is 0 Å². The quantitative estimate of drug-likeness (QED) is 0.636. The van der Waals surface area contributed by atoms with Crippen LogP contribution < -0.4 is 0 Å². The summed E-state index contributed by atoms with van der Waals surface area (Å²) in [5, 5.41) is 7.05. The lowest BCUT2D eigenvalue weighted by Gasteiger charge is -2.22. The van der Waals surface area contributed by atoms with E-state index in [1.165, 1.54) is 0 Å². The lowest BCUT2D eigenvalue weighted by molar-refractivity contribution is 0.147. The van der Waals surface area contributed by atoms with Gasteiger partial charge in [-0.15, -0.1) is 0 Å². The number of aromatic amines is 1. The average Bonchev–Trinajstić information content (AvgIpc) is 2.47. The zero-order valence-electron chi connectivity index (χ0n) is 9.83. The molecule has 0 atom stereocenters. The van der Waals surface area contributed by atoms with Crippen molar-refractivity contribution < 1.29 is 4.74 Å². The van der Waals surface area contributed by atoms with Crippen molar-refractivity contribution in [2.45, 2.75) is 39.7 Å². The molecule has 1 aromatic rings. The maximum atomic E-state index is 5.31. The monoisotopic (exact) mass is 229 g/mol. The Morgan fingerprint density at radius 3 is 2.67 bits per heavy atom. The predicted octanol–water partition coefficient (Wildman–Crippen LogP) is 2.27. The van der Waals surface area contributed by atoms with Gasteiger partial charge in [0, 0.05) is 18.6 Å². The van der Waals surface area contributed by atoms with Crippen molar-refractivity contribution >= 4 is 12.2 Å². The number of hydrogen-bond acceptors (Lipinski definition) is 3. The van der Waals surface area contributed by atoms with E-state index in [4.69, 9.17) is 17.0 Å². The van der Waals surface area contributed by atoms with E-state index in [1.54, 1.807) is 0 Å². The minimum absolute atomic E-state index is 0.0361. The van der Waals surface area contributed by atoms with Crippen LogP contribution in [0.3, 0.4) is 0 Å². The standard InChI is InChI=1S/C10H19N3OS/c1-5-14-7-6-8-11-12-9(15)13(8)10(2,3)4/h5-7H2,1-4H3,(H,12,15). The molecule has 0 aromatic carbocycles. The molecule has 0 aliphatic carbocycles. The van der Waals surface area contributed by atoms with E-state index < -0.39 is 0 Å². The van der Waals surface area contributed by atoms with Gasteiger partial charge in [-0.2, -0.15) is 5.10 Å². The molecule has 0 aliphatic heterocycles. The Labute approximate surface area is 95.7 Å². The Morgan fingerprint density at radius 2 is 2.13 bits per heavy atom. The Balaban J connectivity index is 2.85. The highest BCUT2D eigenvalue weighted by molar-refractivity contribution is 7.71. The summed E-state index contributed by atoms with van der Waals surface area (Å²) in [5.41, 5.74) is -0.0361. The number of rotatable bonds is 4. The molecule has 0 spiro atoms. The molecule has 86 valence electrons. The lowest BCUT2D eigenvalue weighted by atomic mass is 10.1. The molecule has 0 unspecified atom stereocenters. The summed E-state index contributed by atoms with van der Waals surface area (Å²) in [6.07, 6.45) is 0.790. The van der Waals surface area contributed by atoms with Crippen LogP contribution in [-0.2, 0) is 16.7 Å². The molecule has 4 nitrogen and oxygen atoms in total. The minimum Gasteiger partial charge on any atom is -0.381 e. The Kier molecular flexibility index (Phi) is 4.04. The molecule has 1 rings (SSSR count). The van der Waals surface area contributed by atoms with E-state index in [1.807, 2.05) is 11.5 Å². The van der Waals surface area contributed by atoms with Gasteiger partial charge in [0.2, 0.25) is 0 Å². The molecule has 0 fully saturated rings. The van der Waals surface area contributed by atoms with Crippen molar-refractivity contribution in [3.63, 3.8) is 0 Å². The van der Waals surface area contributed by atoms with Gasteiger partial charge in [0.1, 0.15) is 5.82 Å². The van der Waals surface area contributed by atoms with Crippen LogP contribution in [0.15, 0.2) is 0 Å². The zero-order chi connectivity index (χ0) is 11.5. The van der Waals surface area contributed by atoms with Crippen LogP contribution in [0.5, 0.6) is 0 Å².